The molecule has 2 saturated carbocycles. The Bertz CT molecular complexity index is 1610. The predicted octanol–water partition coefficient (Wildman–Crippen LogP) is 5.43. The van der Waals surface area contributed by atoms with E-state index >= 15 is 4.39 Å². The number of pyridine rings is 1. The number of anilines is 1. The van der Waals surface area contributed by atoms with Crippen LogP contribution in [0.1, 0.15) is 31.7 Å². The van der Waals surface area contributed by atoms with Gasteiger partial charge in [0.1, 0.15) is 41.8 Å². The molecule has 2 aromatic heterocycles. The smallest absolute Gasteiger partial charge is 0.319 e. The van der Waals surface area contributed by atoms with E-state index in [4.69, 9.17) is 14.2 Å². The number of aldehydes is 1. The number of hydrogen-bond donors (Lipinski definition) is 0. The van der Waals surface area contributed by atoms with Gasteiger partial charge in [0.15, 0.2) is 12.6 Å². The third-order valence-electron chi connectivity index (χ3n) is 7.80. The van der Waals surface area contributed by atoms with Gasteiger partial charge >= 0.3 is 6.01 Å². The lowest BCUT2D eigenvalue weighted by atomic mass is 9.95. The van der Waals surface area contributed by atoms with Crippen molar-refractivity contribution < 1.29 is 27.8 Å². The van der Waals surface area contributed by atoms with E-state index in [1.165, 1.54) is 13.3 Å². The van der Waals surface area contributed by atoms with Crippen molar-refractivity contribution in [3.8, 4) is 23.0 Å². The summed E-state index contributed by atoms with van der Waals surface area (Å²) in [6.07, 6.45) is 3.96. The van der Waals surface area contributed by atoms with Crippen molar-refractivity contribution in [3.63, 3.8) is 0 Å². The average molecular weight is 549 g/mol. The molecule has 2 fully saturated rings. The first-order valence-corrected chi connectivity index (χ1v) is 13.4. The van der Waals surface area contributed by atoms with Crippen LogP contribution >= 0.6 is 0 Å². The fourth-order valence-corrected chi connectivity index (χ4v) is 5.09. The van der Waals surface area contributed by atoms with E-state index in [2.05, 4.69) is 15.0 Å². The van der Waals surface area contributed by atoms with Gasteiger partial charge in [-0.1, -0.05) is 25.1 Å². The quantitative estimate of drug-likeness (QED) is 0.181. The van der Waals surface area contributed by atoms with Crippen LogP contribution < -0.4 is 14.4 Å². The molecule has 2 atom stereocenters. The highest BCUT2D eigenvalue weighted by atomic mass is 19.1. The molecule has 8 nitrogen and oxygen atoms in total. The lowest BCUT2D eigenvalue weighted by molar-refractivity contribution is -0.113. The molecule has 0 saturated heterocycles. The molecule has 2 aromatic carbocycles. The van der Waals surface area contributed by atoms with Gasteiger partial charge in [-0.3, -0.25) is 4.98 Å². The average Bonchev–Trinajstić information content (AvgIpc) is 3.91. The topological polar surface area (TPSA) is 86.7 Å². The molecule has 6 rings (SSSR count). The lowest BCUT2D eigenvalue weighted by Gasteiger charge is -2.21. The van der Waals surface area contributed by atoms with Gasteiger partial charge in [-0.25, -0.2) is 8.78 Å². The second-order valence-corrected chi connectivity index (χ2v) is 10.6. The Balaban J connectivity index is 1.53. The number of rotatable bonds is 11. The van der Waals surface area contributed by atoms with Gasteiger partial charge in [0, 0.05) is 32.3 Å². The Hall–Kier alpha value is -3.92. The highest BCUT2D eigenvalue weighted by Crippen LogP contribution is 2.44. The number of aromatic nitrogens is 3. The minimum Gasteiger partial charge on any atom is -0.468 e. The molecule has 0 bridgehead atoms. The predicted molar refractivity (Wildman–Crippen MR) is 147 cm³/mol. The zero-order chi connectivity index (χ0) is 28.0. The summed E-state index contributed by atoms with van der Waals surface area (Å²) >= 11 is 0. The Kier molecular flexibility index (Phi) is 6.74. The van der Waals surface area contributed by atoms with E-state index in [1.807, 2.05) is 31.2 Å². The van der Waals surface area contributed by atoms with Crippen LogP contribution in [0.15, 0.2) is 36.5 Å². The Labute approximate surface area is 230 Å². The van der Waals surface area contributed by atoms with Crippen molar-refractivity contribution in [1.82, 2.24) is 15.0 Å². The van der Waals surface area contributed by atoms with Crippen LogP contribution in [-0.2, 0) is 16.0 Å². The van der Waals surface area contributed by atoms with E-state index in [9.17, 15) is 9.18 Å². The molecule has 2 aliphatic carbocycles. The summed E-state index contributed by atoms with van der Waals surface area (Å²) in [5.74, 6) is 0.187. The molecular weight excluding hydrogens is 518 g/mol. The van der Waals surface area contributed by atoms with Gasteiger partial charge < -0.3 is 23.9 Å². The van der Waals surface area contributed by atoms with Crippen molar-refractivity contribution in [2.24, 2.45) is 5.41 Å². The van der Waals surface area contributed by atoms with Crippen LogP contribution in [0.3, 0.4) is 0 Å². The highest BCUT2D eigenvalue weighted by Gasteiger charge is 2.44. The first kappa shape index (κ1) is 26.3. The monoisotopic (exact) mass is 548 g/mol. The summed E-state index contributed by atoms with van der Waals surface area (Å²) in [4.78, 5) is 26.6. The van der Waals surface area contributed by atoms with Crippen LogP contribution in [0, 0.1) is 11.2 Å². The Morgan fingerprint density at radius 2 is 2.00 bits per heavy atom. The first-order valence-electron chi connectivity index (χ1n) is 13.4. The lowest BCUT2D eigenvalue weighted by Crippen LogP contribution is -2.24. The number of carbonyl (C=O) groups is 1. The van der Waals surface area contributed by atoms with Crippen LogP contribution in [0.5, 0.6) is 11.8 Å². The van der Waals surface area contributed by atoms with Crippen LogP contribution in [-0.4, -0.2) is 61.0 Å². The van der Waals surface area contributed by atoms with E-state index < -0.39 is 17.4 Å². The summed E-state index contributed by atoms with van der Waals surface area (Å²) in [6, 6.07) is 9.11. The van der Waals surface area contributed by atoms with Gasteiger partial charge in [-0.2, -0.15) is 9.97 Å². The Morgan fingerprint density at radius 3 is 2.67 bits per heavy atom. The van der Waals surface area contributed by atoms with E-state index in [1.54, 1.807) is 18.0 Å². The number of aryl methyl sites for hydroxylation is 1. The second kappa shape index (κ2) is 10.2. The number of halogens is 2. The summed E-state index contributed by atoms with van der Waals surface area (Å²) < 4.78 is 47.2. The van der Waals surface area contributed by atoms with Gasteiger partial charge in [0.25, 0.3) is 0 Å². The Morgan fingerprint density at radius 1 is 1.20 bits per heavy atom. The van der Waals surface area contributed by atoms with Gasteiger partial charge in [0.05, 0.1) is 16.8 Å². The summed E-state index contributed by atoms with van der Waals surface area (Å²) in [5, 5.41) is 2.09. The number of fused-ring (bicyclic) bond motifs is 2. The van der Waals surface area contributed by atoms with Crippen LogP contribution in [0.25, 0.3) is 32.9 Å². The molecule has 10 heteroatoms. The van der Waals surface area contributed by atoms with Crippen molar-refractivity contribution in [2.45, 2.75) is 44.8 Å². The zero-order valence-electron chi connectivity index (χ0n) is 22.6. The molecule has 0 aliphatic heterocycles. The number of hydrogen-bond acceptors (Lipinski definition) is 8. The second-order valence-electron chi connectivity index (χ2n) is 10.6. The molecule has 0 amide bonds. The molecule has 208 valence electrons. The number of ether oxygens (including phenoxy) is 3. The molecule has 2 aliphatic rings. The summed E-state index contributed by atoms with van der Waals surface area (Å²) in [6.45, 7) is 2.18. The highest BCUT2D eigenvalue weighted by molar-refractivity contribution is 6.01. The van der Waals surface area contributed by atoms with Crippen LogP contribution in [0.4, 0.5) is 14.6 Å². The van der Waals surface area contributed by atoms with E-state index in [0.717, 1.165) is 41.9 Å². The van der Waals surface area contributed by atoms with Gasteiger partial charge in [-0.15, -0.1) is 0 Å². The molecule has 0 radical (unpaired) electrons. The SMILES string of the molecule is CCc1cccc2cc(OCOC)cc(-c3ncc4c(N(C)C5C[C@H]5F)nc(OCC5(C=O)CC5)nc4c3F)c12. The zero-order valence-corrected chi connectivity index (χ0v) is 22.6. The maximum absolute atomic E-state index is 16.5. The largest absolute Gasteiger partial charge is 0.468 e. The number of benzene rings is 2. The minimum absolute atomic E-state index is 0.00852. The molecule has 0 N–H and O–H groups in total. The molecule has 1 unspecified atom stereocenters. The molecular formula is C30H30F2N4O4. The van der Waals surface area contributed by atoms with Gasteiger partial charge in [-0.05, 0) is 47.7 Å². The normalized spacial score (nSPS) is 19.0. The number of methoxy groups -OCH3 is 1. The van der Waals surface area contributed by atoms with E-state index in [-0.39, 0.29) is 36.7 Å². The third kappa shape index (κ3) is 4.70. The fourth-order valence-electron chi connectivity index (χ4n) is 5.09. The van der Waals surface area contributed by atoms with Crippen LogP contribution in [0.2, 0.25) is 0 Å². The summed E-state index contributed by atoms with van der Waals surface area (Å²) in [7, 11) is 3.25. The van der Waals surface area contributed by atoms with E-state index in [0.29, 0.717) is 28.9 Å². The number of alkyl halides is 1. The third-order valence-corrected chi connectivity index (χ3v) is 7.80. The molecule has 40 heavy (non-hydrogen) atoms. The minimum atomic E-state index is -0.991. The van der Waals surface area contributed by atoms with Crippen molar-refractivity contribution in [3.05, 3.63) is 47.9 Å². The maximum Gasteiger partial charge on any atom is 0.319 e. The number of carbonyl (C=O) groups excluding carboxylic acids is 1. The van der Waals surface area contributed by atoms with Crippen molar-refractivity contribution >= 4 is 33.8 Å². The maximum atomic E-state index is 16.5. The van der Waals surface area contributed by atoms with Crippen molar-refractivity contribution in [1.29, 1.82) is 0 Å². The first-order chi connectivity index (χ1) is 19.4. The molecule has 4 aromatic rings. The fraction of sp³-hybridized carbons (Fsp3) is 0.400. The molecule has 2 heterocycles. The number of nitrogens with zero attached hydrogens (tertiary/aromatic N) is 4. The summed E-state index contributed by atoms with van der Waals surface area (Å²) in [5.41, 5.74) is 1.14. The van der Waals surface area contributed by atoms with Gasteiger partial charge in [0.2, 0.25) is 0 Å². The van der Waals surface area contributed by atoms with Crippen molar-refractivity contribution in [2.75, 3.05) is 32.5 Å². The molecule has 0 spiro atoms. The standard InChI is InChI=1S/C30H30F2N4O4/c1-4-17-6-5-7-18-10-19(40-16-38-3)11-20(24(17)18)26-25(32)27-21(13-33-26)28(36(2)23-12-22(23)31)35-29(34-27)39-15-30(14-37)8-9-30/h5-7,10-11,13-14,22-23H,4,8-9,12,15-16H2,1-3H3/t22-,23?/m1/s1.